The number of hydrogen-bond donors (Lipinski definition) is 1. The Morgan fingerprint density at radius 3 is 2.72 bits per heavy atom. The summed E-state index contributed by atoms with van der Waals surface area (Å²) < 4.78 is 11.0. The van der Waals surface area contributed by atoms with Gasteiger partial charge in [0.25, 0.3) is 0 Å². The van der Waals surface area contributed by atoms with Gasteiger partial charge in [0.2, 0.25) is 0 Å². The fourth-order valence-electron chi connectivity index (χ4n) is 4.21. The molecule has 1 saturated heterocycles. The topological polar surface area (TPSA) is 63.2 Å². The van der Waals surface area contributed by atoms with E-state index in [9.17, 15) is 4.79 Å². The molecule has 0 saturated carbocycles. The van der Waals surface area contributed by atoms with Crippen LogP contribution in [0.5, 0.6) is 0 Å². The minimum atomic E-state index is -0.0935. The SMILES string of the molecule is CN=C(NCCCOC1CCCc2ccccc21)N1CCC(C(=O)OC)CC1.I. The zero-order chi connectivity index (χ0) is 19.8. The van der Waals surface area contributed by atoms with E-state index in [1.165, 1.54) is 31.1 Å². The lowest BCUT2D eigenvalue weighted by Crippen LogP contribution is -2.47. The summed E-state index contributed by atoms with van der Waals surface area (Å²) in [6.45, 7) is 3.23. The van der Waals surface area contributed by atoms with Gasteiger partial charge in [0.15, 0.2) is 5.96 Å². The van der Waals surface area contributed by atoms with Gasteiger partial charge < -0.3 is 19.7 Å². The number of nitrogens with zero attached hydrogens (tertiary/aromatic N) is 2. The van der Waals surface area contributed by atoms with Crippen molar-refractivity contribution in [2.24, 2.45) is 10.9 Å². The number of piperidine rings is 1. The van der Waals surface area contributed by atoms with Crippen molar-refractivity contribution in [2.75, 3.05) is 40.4 Å². The van der Waals surface area contributed by atoms with Crippen molar-refractivity contribution in [1.29, 1.82) is 0 Å². The third kappa shape index (κ3) is 6.57. The summed E-state index contributed by atoms with van der Waals surface area (Å²) in [6, 6.07) is 8.65. The standard InChI is InChI=1S/C22H33N3O3.HI/c1-23-22(25-14-11-18(12-15-25)21(26)27-2)24-13-6-16-28-20-10-5-8-17-7-3-4-9-19(17)20;/h3-4,7,9,18,20H,5-6,8,10-16H2,1-2H3,(H,23,24);1H. The maximum absolute atomic E-state index is 11.7. The summed E-state index contributed by atoms with van der Waals surface area (Å²) in [5.41, 5.74) is 2.80. The van der Waals surface area contributed by atoms with Crippen LogP contribution in [0.25, 0.3) is 0 Å². The van der Waals surface area contributed by atoms with E-state index in [4.69, 9.17) is 9.47 Å². The van der Waals surface area contributed by atoms with Crippen LogP contribution in [0.1, 0.15) is 49.3 Å². The summed E-state index contributed by atoms with van der Waals surface area (Å²) in [6.07, 6.45) is 6.29. The maximum Gasteiger partial charge on any atom is 0.308 e. The second-order valence-corrected chi connectivity index (χ2v) is 7.56. The minimum Gasteiger partial charge on any atom is -0.469 e. The van der Waals surface area contributed by atoms with Crippen molar-refractivity contribution in [1.82, 2.24) is 10.2 Å². The third-order valence-electron chi connectivity index (χ3n) is 5.78. The predicted octanol–water partition coefficient (Wildman–Crippen LogP) is 3.55. The van der Waals surface area contributed by atoms with Crippen LogP contribution in [0.3, 0.4) is 0 Å². The van der Waals surface area contributed by atoms with E-state index < -0.39 is 0 Å². The molecule has 0 spiro atoms. The number of guanidine groups is 1. The van der Waals surface area contributed by atoms with E-state index in [2.05, 4.69) is 39.5 Å². The second-order valence-electron chi connectivity index (χ2n) is 7.56. The molecule has 1 aromatic carbocycles. The van der Waals surface area contributed by atoms with Crippen LogP contribution in [0, 0.1) is 5.92 Å². The predicted molar refractivity (Wildman–Crippen MR) is 126 cm³/mol. The van der Waals surface area contributed by atoms with E-state index in [1.54, 1.807) is 0 Å². The van der Waals surface area contributed by atoms with Gasteiger partial charge in [-0.3, -0.25) is 9.79 Å². The first-order valence-corrected chi connectivity index (χ1v) is 10.5. The van der Waals surface area contributed by atoms with Crippen molar-refractivity contribution < 1.29 is 14.3 Å². The zero-order valence-corrected chi connectivity index (χ0v) is 19.9. The van der Waals surface area contributed by atoms with Crippen molar-refractivity contribution in [3.8, 4) is 0 Å². The first kappa shape index (κ1) is 23.9. The molecule has 0 aromatic heterocycles. The number of nitrogens with one attached hydrogen (secondary N) is 1. The smallest absolute Gasteiger partial charge is 0.308 e. The fraction of sp³-hybridized carbons (Fsp3) is 0.636. The summed E-state index contributed by atoms with van der Waals surface area (Å²) in [5, 5.41) is 3.43. The van der Waals surface area contributed by atoms with E-state index >= 15 is 0 Å². The largest absolute Gasteiger partial charge is 0.469 e. The molecule has 3 rings (SSSR count). The Kier molecular flexibility index (Phi) is 10.2. The molecule has 162 valence electrons. The molecule has 1 unspecified atom stereocenters. The van der Waals surface area contributed by atoms with Crippen molar-refractivity contribution >= 4 is 35.9 Å². The molecule has 0 radical (unpaired) electrons. The van der Waals surface area contributed by atoms with Crippen LogP contribution in [0.2, 0.25) is 0 Å². The van der Waals surface area contributed by atoms with Gasteiger partial charge in [0.05, 0.1) is 19.1 Å². The van der Waals surface area contributed by atoms with Gasteiger partial charge in [0.1, 0.15) is 0 Å². The van der Waals surface area contributed by atoms with Crippen LogP contribution in [0.4, 0.5) is 0 Å². The summed E-state index contributed by atoms with van der Waals surface area (Å²) in [5.74, 6) is 0.835. The molecule has 29 heavy (non-hydrogen) atoms. The highest BCUT2D eigenvalue weighted by Gasteiger charge is 2.27. The number of halogens is 1. The second kappa shape index (κ2) is 12.4. The number of hydrogen-bond acceptors (Lipinski definition) is 4. The zero-order valence-electron chi connectivity index (χ0n) is 17.6. The number of methoxy groups -OCH3 is 1. The molecule has 7 heteroatoms. The first-order chi connectivity index (χ1) is 13.7. The lowest BCUT2D eigenvalue weighted by atomic mass is 9.89. The highest BCUT2D eigenvalue weighted by molar-refractivity contribution is 14.0. The number of rotatable bonds is 6. The lowest BCUT2D eigenvalue weighted by Gasteiger charge is -2.33. The summed E-state index contributed by atoms with van der Waals surface area (Å²) >= 11 is 0. The average Bonchev–Trinajstić information content (AvgIpc) is 2.76. The number of likely N-dealkylation sites (tertiary alicyclic amines) is 1. The number of carbonyl (C=O) groups excluding carboxylic acids is 1. The number of carbonyl (C=O) groups is 1. The molecule has 1 fully saturated rings. The Balaban J connectivity index is 0.00000300. The Morgan fingerprint density at radius 2 is 2.00 bits per heavy atom. The lowest BCUT2D eigenvalue weighted by molar-refractivity contribution is -0.146. The molecule has 0 amide bonds. The van der Waals surface area contributed by atoms with Crippen molar-refractivity contribution in [2.45, 2.75) is 44.6 Å². The van der Waals surface area contributed by atoms with E-state index in [0.717, 1.165) is 57.9 Å². The van der Waals surface area contributed by atoms with Gasteiger partial charge in [0, 0.05) is 33.3 Å². The van der Waals surface area contributed by atoms with Gasteiger partial charge in [-0.1, -0.05) is 24.3 Å². The molecule has 1 aromatic rings. The van der Waals surface area contributed by atoms with Crippen molar-refractivity contribution in [3.05, 3.63) is 35.4 Å². The molecule has 1 aliphatic carbocycles. The molecule has 1 N–H and O–H groups in total. The van der Waals surface area contributed by atoms with Gasteiger partial charge in [-0.2, -0.15) is 0 Å². The highest BCUT2D eigenvalue weighted by atomic mass is 127. The molecule has 1 atom stereocenters. The van der Waals surface area contributed by atoms with Crippen LogP contribution in [0.15, 0.2) is 29.3 Å². The van der Waals surface area contributed by atoms with Crippen LogP contribution in [-0.4, -0.2) is 57.2 Å². The Labute approximate surface area is 191 Å². The van der Waals surface area contributed by atoms with E-state index in [0.29, 0.717) is 0 Å². The quantitative estimate of drug-likeness (QED) is 0.207. The van der Waals surface area contributed by atoms with Gasteiger partial charge in [-0.05, 0) is 49.7 Å². The number of aryl methyl sites for hydroxylation is 1. The molecule has 2 aliphatic rings. The van der Waals surface area contributed by atoms with Crippen LogP contribution >= 0.6 is 24.0 Å². The fourth-order valence-corrected chi connectivity index (χ4v) is 4.21. The Morgan fingerprint density at radius 1 is 1.24 bits per heavy atom. The van der Waals surface area contributed by atoms with Crippen LogP contribution < -0.4 is 5.32 Å². The Bertz CT molecular complexity index is 675. The van der Waals surface area contributed by atoms with Gasteiger partial charge >= 0.3 is 5.97 Å². The molecule has 1 aliphatic heterocycles. The van der Waals surface area contributed by atoms with Crippen molar-refractivity contribution in [3.63, 3.8) is 0 Å². The third-order valence-corrected chi connectivity index (χ3v) is 5.78. The molecular weight excluding hydrogens is 481 g/mol. The molecule has 0 bridgehead atoms. The highest BCUT2D eigenvalue weighted by Crippen LogP contribution is 2.32. The molecule has 1 heterocycles. The van der Waals surface area contributed by atoms with E-state index in [1.807, 2.05) is 7.05 Å². The first-order valence-electron chi connectivity index (χ1n) is 10.5. The normalized spacial score (nSPS) is 19.9. The number of benzene rings is 1. The van der Waals surface area contributed by atoms with Gasteiger partial charge in [-0.25, -0.2) is 0 Å². The monoisotopic (exact) mass is 515 g/mol. The maximum atomic E-state index is 11.7. The van der Waals surface area contributed by atoms with Crippen LogP contribution in [-0.2, 0) is 20.7 Å². The number of ether oxygens (including phenoxy) is 2. The summed E-state index contributed by atoms with van der Waals surface area (Å²) in [4.78, 5) is 18.3. The van der Waals surface area contributed by atoms with E-state index in [-0.39, 0.29) is 42.0 Å². The number of aliphatic imine (C=N–C) groups is 1. The molecular formula is C22H34IN3O3. The number of esters is 1. The number of fused-ring (bicyclic) bond motifs is 1. The Hall–Kier alpha value is -1.35. The minimum absolute atomic E-state index is 0. The average molecular weight is 515 g/mol. The van der Waals surface area contributed by atoms with Gasteiger partial charge in [-0.15, -0.1) is 24.0 Å². The summed E-state index contributed by atoms with van der Waals surface area (Å²) in [7, 11) is 3.27. The molecule has 6 nitrogen and oxygen atoms in total.